The molecule has 0 saturated heterocycles. The number of hydrogen-bond acceptors (Lipinski definition) is 3. The summed E-state index contributed by atoms with van der Waals surface area (Å²) in [6, 6.07) is 0. The lowest BCUT2D eigenvalue weighted by molar-refractivity contribution is -0.151. The van der Waals surface area contributed by atoms with Gasteiger partial charge < -0.3 is 10.4 Å². The Morgan fingerprint density at radius 1 is 1.39 bits per heavy atom. The molecule has 0 atom stereocenters. The standard InChI is InChI=1S/C13H21NO3S/c1-2-8-18-9-7-14-11(15)10-13(12(16)17)5-3-4-6-13/h2H,1,3-10H2,(H,14,15)(H,16,17). The Balaban J connectivity index is 2.29. The minimum Gasteiger partial charge on any atom is -0.481 e. The van der Waals surface area contributed by atoms with Crippen molar-refractivity contribution >= 4 is 23.6 Å². The summed E-state index contributed by atoms with van der Waals surface area (Å²) in [5.74, 6) is 0.738. The van der Waals surface area contributed by atoms with Crippen LogP contribution in [0.15, 0.2) is 12.7 Å². The molecule has 1 saturated carbocycles. The van der Waals surface area contributed by atoms with Crippen LogP contribution in [-0.2, 0) is 9.59 Å². The SMILES string of the molecule is C=CCSCCNC(=O)CC1(C(=O)O)CCCC1. The van der Waals surface area contributed by atoms with Gasteiger partial charge in [-0.25, -0.2) is 0 Å². The smallest absolute Gasteiger partial charge is 0.310 e. The topological polar surface area (TPSA) is 66.4 Å². The van der Waals surface area contributed by atoms with E-state index in [0.29, 0.717) is 19.4 Å². The highest BCUT2D eigenvalue weighted by atomic mass is 32.2. The van der Waals surface area contributed by atoms with Gasteiger partial charge in [0.05, 0.1) is 5.41 Å². The van der Waals surface area contributed by atoms with Gasteiger partial charge in [0.25, 0.3) is 0 Å². The van der Waals surface area contributed by atoms with Crippen molar-refractivity contribution in [2.75, 3.05) is 18.1 Å². The highest BCUT2D eigenvalue weighted by Gasteiger charge is 2.42. The van der Waals surface area contributed by atoms with Crippen molar-refractivity contribution in [2.24, 2.45) is 5.41 Å². The Bertz CT molecular complexity index is 311. The van der Waals surface area contributed by atoms with Gasteiger partial charge in [-0.05, 0) is 12.8 Å². The number of thioether (sulfide) groups is 1. The average Bonchev–Trinajstić information content (AvgIpc) is 2.78. The lowest BCUT2D eigenvalue weighted by atomic mass is 9.82. The Kier molecular flexibility index (Phi) is 6.25. The predicted molar refractivity (Wildman–Crippen MR) is 73.7 cm³/mol. The number of rotatable bonds is 8. The van der Waals surface area contributed by atoms with Crippen LogP contribution in [0.25, 0.3) is 0 Å². The van der Waals surface area contributed by atoms with Crippen LogP contribution in [0.4, 0.5) is 0 Å². The molecule has 1 aliphatic carbocycles. The van der Waals surface area contributed by atoms with Crippen molar-refractivity contribution in [1.82, 2.24) is 5.32 Å². The summed E-state index contributed by atoms with van der Waals surface area (Å²) in [5, 5.41) is 12.0. The van der Waals surface area contributed by atoms with Crippen LogP contribution >= 0.6 is 11.8 Å². The molecular formula is C13H21NO3S. The van der Waals surface area contributed by atoms with Crippen LogP contribution in [0.1, 0.15) is 32.1 Å². The van der Waals surface area contributed by atoms with Gasteiger partial charge in [-0.2, -0.15) is 11.8 Å². The molecule has 0 radical (unpaired) electrons. The first-order chi connectivity index (χ1) is 8.60. The van der Waals surface area contributed by atoms with E-state index in [1.54, 1.807) is 11.8 Å². The number of hydrogen-bond donors (Lipinski definition) is 2. The van der Waals surface area contributed by atoms with Crippen LogP contribution in [0.2, 0.25) is 0 Å². The van der Waals surface area contributed by atoms with Gasteiger partial charge in [-0.1, -0.05) is 18.9 Å². The zero-order valence-electron chi connectivity index (χ0n) is 10.6. The fourth-order valence-electron chi connectivity index (χ4n) is 2.32. The maximum atomic E-state index is 11.7. The predicted octanol–water partition coefficient (Wildman–Crippen LogP) is 2.06. The monoisotopic (exact) mass is 271 g/mol. The summed E-state index contributed by atoms with van der Waals surface area (Å²) in [6.45, 7) is 4.21. The van der Waals surface area contributed by atoms with Gasteiger partial charge in [0.2, 0.25) is 5.91 Å². The van der Waals surface area contributed by atoms with Crippen molar-refractivity contribution in [3.05, 3.63) is 12.7 Å². The van der Waals surface area contributed by atoms with Crippen molar-refractivity contribution in [1.29, 1.82) is 0 Å². The van der Waals surface area contributed by atoms with Gasteiger partial charge in [0, 0.05) is 24.5 Å². The van der Waals surface area contributed by atoms with Crippen molar-refractivity contribution in [3.63, 3.8) is 0 Å². The minimum absolute atomic E-state index is 0.120. The molecule has 4 nitrogen and oxygen atoms in total. The van der Waals surface area contributed by atoms with Crippen LogP contribution < -0.4 is 5.32 Å². The summed E-state index contributed by atoms with van der Waals surface area (Å²) in [5.41, 5.74) is -0.807. The van der Waals surface area contributed by atoms with Gasteiger partial charge in [-0.15, -0.1) is 6.58 Å². The molecule has 1 rings (SSSR count). The van der Waals surface area contributed by atoms with Gasteiger partial charge in [0.15, 0.2) is 0 Å². The van der Waals surface area contributed by atoms with Gasteiger partial charge in [0.1, 0.15) is 0 Å². The lowest BCUT2D eigenvalue weighted by Crippen LogP contribution is -2.36. The van der Waals surface area contributed by atoms with Crippen LogP contribution in [-0.4, -0.2) is 35.0 Å². The molecule has 102 valence electrons. The summed E-state index contributed by atoms with van der Waals surface area (Å²) in [4.78, 5) is 23.0. The minimum atomic E-state index is -0.823. The number of carbonyl (C=O) groups is 2. The van der Waals surface area contributed by atoms with Crippen LogP contribution in [0, 0.1) is 5.41 Å². The molecule has 0 aromatic carbocycles. The summed E-state index contributed by atoms with van der Waals surface area (Å²) < 4.78 is 0. The second-order valence-electron chi connectivity index (χ2n) is 4.68. The third-order valence-electron chi connectivity index (χ3n) is 3.32. The van der Waals surface area contributed by atoms with E-state index in [2.05, 4.69) is 11.9 Å². The molecule has 0 bridgehead atoms. The first-order valence-electron chi connectivity index (χ1n) is 6.29. The Morgan fingerprint density at radius 3 is 2.61 bits per heavy atom. The molecule has 0 aromatic rings. The van der Waals surface area contributed by atoms with Crippen molar-refractivity contribution in [2.45, 2.75) is 32.1 Å². The number of carboxylic acids is 1. The van der Waals surface area contributed by atoms with Crippen LogP contribution in [0.5, 0.6) is 0 Å². The Morgan fingerprint density at radius 2 is 2.06 bits per heavy atom. The van der Waals surface area contributed by atoms with E-state index in [1.807, 2.05) is 6.08 Å². The number of aliphatic carboxylic acids is 1. The fourth-order valence-corrected chi connectivity index (χ4v) is 2.90. The quantitative estimate of drug-likeness (QED) is 0.524. The molecule has 0 aliphatic heterocycles. The maximum Gasteiger partial charge on any atom is 0.310 e. The van der Waals surface area contributed by atoms with Crippen LogP contribution in [0.3, 0.4) is 0 Å². The molecular weight excluding hydrogens is 250 g/mol. The van der Waals surface area contributed by atoms with Gasteiger partial charge in [-0.3, -0.25) is 9.59 Å². The molecule has 1 aliphatic rings. The third-order valence-corrected chi connectivity index (χ3v) is 4.28. The highest BCUT2D eigenvalue weighted by Crippen LogP contribution is 2.41. The number of carboxylic acid groups (broad SMARTS) is 1. The highest BCUT2D eigenvalue weighted by molar-refractivity contribution is 7.99. The van der Waals surface area contributed by atoms with Crippen molar-refractivity contribution < 1.29 is 14.7 Å². The van der Waals surface area contributed by atoms with Crippen molar-refractivity contribution in [3.8, 4) is 0 Å². The van der Waals surface area contributed by atoms with E-state index < -0.39 is 11.4 Å². The zero-order valence-corrected chi connectivity index (χ0v) is 11.4. The zero-order chi connectivity index (χ0) is 13.4. The van der Waals surface area contributed by atoms with E-state index in [-0.39, 0.29) is 12.3 Å². The molecule has 0 heterocycles. The average molecular weight is 271 g/mol. The normalized spacial score (nSPS) is 17.3. The largest absolute Gasteiger partial charge is 0.481 e. The summed E-state index contributed by atoms with van der Waals surface area (Å²) in [6.07, 6.45) is 5.02. The first kappa shape index (κ1) is 15.1. The fraction of sp³-hybridized carbons (Fsp3) is 0.692. The summed E-state index contributed by atoms with van der Waals surface area (Å²) >= 11 is 1.69. The number of amides is 1. The molecule has 1 fully saturated rings. The van der Waals surface area contributed by atoms with E-state index >= 15 is 0 Å². The molecule has 0 aromatic heterocycles. The van der Waals surface area contributed by atoms with E-state index in [1.165, 1.54) is 0 Å². The molecule has 5 heteroatoms. The number of carbonyl (C=O) groups excluding carboxylic acids is 1. The number of nitrogens with one attached hydrogen (secondary N) is 1. The Hall–Kier alpha value is -0.970. The van der Waals surface area contributed by atoms with E-state index in [9.17, 15) is 14.7 Å². The lowest BCUT2D eigenvalue weighted by Gasteiger charge is -2.22. The molecule has 0 unspecified atom stereocenters. The van der Waals surface area contributed by atoms with E-state index in [0.717, 1.165) is 24.3 Å². The molecule has 0 spiro atoms. The molecule has 18 heavy (non-hydrogen) atoms. The Labute approximate surface area is 112 Å². The third kappa shape index (κ3) is 4.37. The second-order valence-corrected chi connectivity index (χ2v) is 5.83. The second kappa shape index (κ2) is 7.46. The summed E-state index contributed by atoms with van der Waals surface area (Å²) in [7, 11) is 0. The molecule has 2 N–H and O–H groups in total. The van der Waals surface area contributed by atoms with Gasteiger partial charge >= 0.3 is 5.97 Å². The maximum absolute atomic E-state index is 11.7. The molecule has 1 amide bonds. The first-order valence-corrected chi connectivity index (χ1v) is 7.45. The van der Waals surface area contributed by atoms with E-state index in [4.69, 9.17) is 0 Å².